The van der Waals surface area contributed by atoms with Crippen LogP contribution in [0.4, 0.5) is 11.4 Å². The minimum absolute atomic E-state index is 0.0270. The third kappa shape index (κ3) is 2.53. The molecule has 1 aromatic carbocycles. The van der Waals surface area contributed by atoms with E-state index in [0.29, 0.717) is 6.42 Å². The highest BCUT2D eigenvalue weighted by Crippen LogP contribution is 2.27. The van der Waals surface area contributed by atoms with E-state index >= 15 is 0 Å². The average molecular weight is 287 g/mol. The van der Waals surface area contributed by atoms with E-state index in [2.05, 4.69) is 0 Å². The number of nitrogens with two attached hydrogens (primary N) is 1. The minimum Gasteiger partial charge on any atom is -0.393 e. The van der Waals surface area contributed by atoms with Crippen LogP contribution in [0, 0.1) is 10.1 Å². The number of hydrogen-bond acceptors (Lipinski definition) is 6. The predicted molar refractivity (Wildman–Crippen MR) is 66.9 cm³/mol. The number of aliphatic hydroxyl groups is 1. The fourth-order valence-corrected chi connectivity index (χ4v) is 3.47. The summed E-state index contributed by atoms with van der Waals surface area (Å²) in [4.78, 5) is 9.83. The molecule has 8 nitrogen and oxygen atoms in total. The van der Waals surface area contributed by atoms with Crippen LogP contribution in [-0.4, -0.2) is 41.9 Å². The number of nitrogens with zero attached hydrogens (tertiary/aromatic N) is 2. The lowest BCUT2D eigenvalue weighted by atomic mass is 10.3. The van der Waals surface area contributed by atoms with Crippen LogP contribution in [-0.2, 0) is 10.0 Å². The first-order chi connectivity index (χ1) is 8.82. The zero-order chi connectivity index (χ0) is 14.2. The number of sulfonamides is 1. The molecule has 0 spiro atoms. The van der Waals surface area contributed by atoms with Crippen LogP contribution in [0.15, 0.2) is 23.1 Å². The first-order valence-corrected chi connectivity index (χ1v) is 6.98. The van der Waals surface area contributed by atoms with E-state index in [1.54, 1.807) is 0 Å². The van der Waals surface area contributed by atoms with Gasteiger partial charge in [-0.05, 0) is 18.6 Å². The number of nitro groups is 1. The van der Waals surface area contributed by atoms with E-state index in [1.807, 2.05) is 0 Å². The van der Waals surface area contributed by atoms with E-state index in [-0.39, 0.29) is 29.4 Å². The Morgan fingerprint density at radius 2 is 2.16 bits per heavy atom. The van der Waals surface area contributed by atoms with E-state index in [4.69, 9.17) is 5.73 Å². The van der Waals surface area contributed by atoms with Crippen LogP contribution in [0.3, 0.4) is 0 Å². The second-order valence-corrected chi connectivity index (χ2v) is 6.22. The SMILES string of the molecule is Nc1cc(S(=O)(=O)N2CCC(O)C2)ccc1[N+](=O)[O-]. The summed E-state index contributed by atoms with van der Waals surface area (Å²) in [5, 5.41) is 20.0. The van der Waals surface area contributed by atoms with Crippen molar-refractivity contribution in [3.05, 3.63) is 28.3 Å². The molecule has 104 valence electrons. The fourth-order valence-electron chi connectivity index (χ4n) is 1.94. The first-order valence-electron chi connectivity index (χ1n) is 5.54. The molecular formula is C10H13N3O5S. The maximum atomic E-state index is 12.2. The van der Waals surface area contributed by atoms with E-state index in [9.17, 15) is 23.6 Å². The van der Waals surface area contributed by atoms with Gasteiger partial charge in [0.05, 0.1) is 15.9 Å². The molecule has 0 saturated carbocycles. The summed E-state index contributed by atoms with van der Waals surface area (Å²) in [6, 6.07) is 3.28. The third-order valence-electron chi connectivity index (χ3n) is 2.96. The predicted octanol–water partition coefficient (Wildman–Crippen LogP) is -0.0677. The lowest BCUT2D eigenvalue weighted by molar-refractivity contribution is -0.383. The Morgan fingerprint density at radius 1 is 1.47 bits per heavy atom. The van der Waals surface area contributed by atoms with Gasteiger partial charge in [-0.2, -0.15) is 4.31 Å². The molecule has 0 bridgehead atoms. The number of anilines is 1. The highest BCUT2D eigenvalue weighted by Gasteiger charge is 2.32. The molecule has 0 aromatic heterocycles. The standard InChI is InChI=1S/C10H13N3O5S/c11-9-5-8(1-2-10(9)13(15)16)19(17,18)12-4-3-7(14)6-12/h1-2,5,7,14H,3-4,6,11H2. The molecule has 1 atom stereocenters. The Balaban J connectivity index is 2.36. The summed E-state index contributed by atoms with van der Waals surface area (Å²) in [5.41, 5.74) is 4.94. The van der Waals surface area contributed by atoms with Crippen molar-refractivity contribution in [2.75, 3.05) is 18.8 Å². The summed E-state index contributed by atoms with van der Waals surface area (Å²) >= 11 is 0. The molecule has 1 aromatic rings. The second-order valence-electron chi connectivity index (χ2n) is 4.28. The van der Waals surface area contributed by atoms with Crippen molar-refractivity contribution in [3.8, 4) is 0 Å². The normalized spacial score (nSPS) is 20.6. The molecule has 1 aliphatic heterocycles. The lowest BCUT2D eigenvalue weighted by Gasteiger charge is -2.15. The Morgan fingerprint density at radius 3 is 2.63 bits per heavy atom. The van der Waals surface area contributed by atoms with Crippen molar-refractivity contribution in [2.45, 2.75) is 17.4 Å². The third-order valence-corrected chi connectivity index (χ3v) is 4.82. The highest BCUT2D eigenvalue weighted by atomic mass is 32.2. The molecule has 1 unspecified atom stereocenters. The van der Waals surface area contributed by atoms with E-state index in [0.717, 1.165) is 22.5 Å². The maximum Gasteiger partial charge on any atom is 0.292 e. The Labute approximate surface area is 109 Å². The number of hydrogen-bond donors (Lipinski definition) is 2. The summed E-state index contributed by atoms with van der Waals surface area (Å²) in [6.07, 6.45) is -0.299. The molecule has 1 heterocycles. The topological polar surface area (TPSA) is 127 Å². The number of rotatable bonds is 3. The fraction of sp³-hybridized carbons (Fsp3) is 0.400. The van der Waals surface area contributed by atoms with E-state index < -0.39 is 21.1 Å². The zero-order valence-corrected chi connectivity index (χ0v) is 10.7. The number of benzene rings is 1. The molecule has 1 fully saturated rings. The van der Waals surface area contributed by atoms with E-state index in [1.165, 1.54) is 0 Å². The van der Waals surface area contributed by atoms with Crippen molar-refractivity contribution < 1.29 is 18.4 Å². The van der Waals surface area contributed by atoms with Gasteiger partial charge in [0.2, 0.25) is 10.0 Å². The van der Waals surface area contributed by atoms with Gasteiger partial charge in [0, 0.05) is 19.2 Å². The van der Waals surface area contributed by atoms with Crippen LogP contribution < -0.4 is 5.73 Å². The smallest absolute Gasteiger partial charge is 0.292 e. The van der Waals surface area contributed by atoms with Gasteiger partial charge in [-0.3, -0.25) is 10.1 Å². The Hall–Kier alpha value is -1.71. The van der Waals surface area contributed by atoms with Crippen molar-refractivity contribution in [1.82, 2.24) is 4.31 Å². The Bertz CT molecular complexity index is 616. The quantitative estimate of drug-likeness (QED) is 0.455. The van der Waals surface area contributed by atoms with Crippen molar-refractivity contribution >= 4 is 21.4 Å². The monoisotopic (exact) mass is 287 g/mol. The van der Waals surface area contributed by atoms with Crippen LogP contribution in [0.25, 0.3) is 0 Å². The number of β-amino-alcohol motifs (C(OH)–C–C–N with tert-alkyl or cyclic N) is 1. The van der Waals surface area contributed by atoms with Crippen LogP contribution in [0.1, 0.15) is 6.42 Å². The molecule has 0 amide bonds. The van der Waals surface area contributed by atoms with Crippen molar-refractivity contribution in [2.24, 2.45) is 0 Å². The molecule has 9 heteroatoms. The minimum atomic E-state index is -3.77. The van der Waals surface area contributed by atoms with Gasteiger partial charge >= 0.3 is 0 Å². The van der Waals surface area contributed by atoms with Gasteiger partial charge in [-0.1, -0.05) is 0 Å². The molecule has 1 saturated heterocycles. The van der Waals surface area contributed by atoms with Gasteiger partial charge in [0.15, 0.2) is 0 Å². The molecule has 0 aliphatic carbocycles. The molecular weight excluding hydrogens is 274 g/mol. The van der Waals surface area contributed by atoms with Gasteiger partial charge in [0.25, 0.3) is 5.69 Å². The largest absolute Gasteiger partial charge is 0.393 e. The average Bonchev–Trinajstić information content (AvgIpc) is 2.76. The molecule has 2 rings (SSSR count). The van der Waals surface area contributed by atoms with Gasteiger partial charge < -0.3 is 10.8 Å². The lowest BCUT2D eigenvalue weighted by Crippen LogP contribution is -2.29. The molecule has 19 heavy (non-hydrogen) atoms. The van der Waals surface area contributed by atoms with Crippen molar-refractivity contribution in [1.29, 1.82) is 0 Å². The van der Waals surface area contributed by atoms with Crippen LogP contribution in [0.2, 0.25) is 0 Å². The highest BCUT2D eigenvalue weighted by molar-refractivity contribution is 7.89. The van der Waals surface area contributed by atoms with Crippen molar-refractivity contribution in [3.63, 3.8) is 0 Å². The molecule has 0 radical (unpaired) electrons. The maximum absolute atomic E-state index is 12.2. The summed E-state index contributed by atoms with van der Waals surface area (Å²) in [6.45, 7) is 0.250. The number of aliphatic hydroxyl groups excluding tert-OH is 1. The Kier molecular flexibility index (Phi) is 3.43. The molecule has 1 aliphatic rings. The second kappa shape index (κ2) is 4.76. The van der Waals surface area contributed by atoms with Gasteiger partial charge in [0.1, 0.15) is 5.69 Å². The zero-order valence-electron chi connectivity index (χ0n) is 9.89. The number of nitro benzene ring substituents is 1. The molecule has 3 N–H and O–H groups in total. The van der Waals surface area contributed by atoms with Gasteiger partial charge in [-0.15, -0.1) is 0 Å². The summed E-state index contributed by atoms with van der Waals surface area (Å²) < 4.78 is 25.5. The van der Waals surface area contributed by atoms with Gasteiger partial charge in [-0.25, -0.2) is 8.42 Å². The summed E-state index contributed by atoms with van der Waals surface area (Å²) in [5.74, 6) is 0. The van der Waals surface area contributed by atoms with Crippen LogP contribution in [0.5, 0.6) is 0 Å². The van der Waals surface area contributed by atoms with Crippen LogP contribution >= 0.6 is 0 Å². The summed E-state index contributed by atoms with van der Waals surface area (Å²) in [7, 11) is -3.77. The number of nitrogen functional groups attached to an aromatic ring is 1. The first kappa shape index (κ1) is 13.7.